The first-order valence-corrected chi connectivity index (χ1v) is 4.74. The van der Waals surface area contributed by atoms with Crippen LogP contribution in [0.4, 0.5) is 0 Å². The Morgan fingerprint density at radius 1 is 1.47 bits per heavy atom. The fraction of sp³-hybridized carbons (Fsp3) is 0.100. The van der Waals surface area contributed by atoms with Crippen LogP contribution in [0.25, 0.3) is 0 Å². The molecule has 1 aromatic carbocycles. The normalized spacial score (nSPS) is 10.1. The summed E-state index contributed by atoms with van der Waals surface area (Å²) in [4.78, 5) is 10.9. The van der Waals surface area contributed by atoms with Crippen LogP contribution in [0.15, 0.2) is 35.0 Å². The number of nitrogens with zero attached hydrogens (tertiary/aromatic N) is 2. The highest BCUT2D eigenvalue weighted by molar-refractivity contribution is 5.90. The zero-order valence-corrected chi connectivity index (χ0v) is 8.70. The van der Waals surface area contributed by atoms with Crippen LogP contribution in [0.2, 0.25) is 0 Å². The number of ether oxygens (including phenoxy) is 1. The second-order valence-corrected chi connectivity index (χ2v) is 3.19. The van der Waals surface area contributed by atoms with Gasteiger partial charge in [0.25, 0.3) is 17.3 Å². The van der Waals surface area contributed by atoms with Gasteiger partial charge in [0, 0.05) is 5.16 Å². The van der Waals surface area contributed by atoms with Crippen molar-refractivity contribution in [1.82, 2.24) is 5.16 Å². The van der Waals surface area contributed by atoms with Crippen molar-refractivity contribution >= 4 is 5.91 Å². The fourth-order valence-corrected chi connectivity index (χ4v) is 1.27. The lowest BCUT2D eigenvalue weighted by Gasteiger charge is -2.01. The molecule has 1 heterocycles. The molecular formula is C10H9N3O4. The van der Waals surface area contributed by atoms with Crippen LogP contribution in [-0.4, -0.2) is 11.1 Å². The van der Waals surface area contributed by atoms with E-state index < -0.39 is 5.91 Å². The summed E-state index contributed by atoms with van der Waals surface area (Å²) in [7, 11) is 0. The first kappa shape index (κ1) is 10.9. The third kappa shape index (κ3) is 2.33. The predicted octanol–water partition coefficient (Wildman–Crippen LogP) is -0.0141. The number of amides is 1. The van der Waals surface area contributed by atoms with Crippen molar-refractivity contribution in [2.45, 2.75) is 6.61 Å². The van der Waals surface area contributed by atoms with E-state index >= 15 is 0 Å². The third-order valence-electron chi connectivity index (χ3n) is 2.03. The Morgan fingerprint density at radius 3 is 2.82 bits per heavy atom. The average Bonchev–Trinajstić information content (AvgIpc) is 2.69. The molecule has 0 radical (unpaired) electrons. The van der Waals surface area contributed by atoms with E-state index in [-0.39, 0.29) is 22.9 Å². The highest BCUT2D eigenvalue weighted by Crippen LogP contribution is 2.11. The minimum Gasteiger partial charge on any atom is -0.485 e. The molecule has 1 amide bonds. The third-order valence-corrected chi connectivity index (χ3v) is 2.03. The molecule has 2 aromatic rings. The maximum atomic E-state index is 11.0. The Hall–Kier alpha value is -2.57. The lowest BCUT2D eigenvalue weighted by Crippen LogP contribution is -2.35. The highest BCUT2D eigenvalue weighted by Gasteiger charge is 2.24. The summed E-state index contributed by atoms with van der Waals surface area (Å²) in [6.45, 7) is -0.0684. The molecule has 2 rings (SSSR count). The molecule has 7 nitrogen and oxygen atoms in total. The highest BCUT2D eigenvalue weighted by atomic mass is 16.8. The monoisotopic (exact) mass is 235 g/mol. The van der Waals surface area contributed by atoms with Crippen molar-refractivity contribution in [2.24, 2.45) is 5.73 Å². The summed E-state index contributed by atoms with van der Waals surface area (Å²) in [5.74, 6) is -0.323. The zero-order chi connectivity index (χ0) is 12.3. The number of nitrogens with two attached hydrogens (primary N) is 1. The molecule has 7 heteroatoms. The van der Waals surface area contributed by atoms with Gasteiger partial charge in [0.2, 0.25) is 0 Å². The van der Waals surface area contributed by atoms with Crippen LogP contribution in [0.1, 0.15) is 16.2 Å². The standard InChI is InChI=1S/C10H9N3O4/c11-10(14)9-8(12-17-13(9)15)6-16-7-4-2-1-3-5-7/h1-5H,6H2,(H2,11,14). The number of hydrogen-bond donors (Lipinski definition) is 1. The Kier molecular flexibility index (Phi) is 2.91. The van der Waals surface area contributed by atoms with Crippen LogP contribution in [0, 0.1) is 5.21 Å². The largest absolute Gasteiger partial charge is 0.485 e. The number of benzene rings is 1. The number of para-hydroxylation sites is 1. The first-order chi connectivity index (χ1) is 8.18. The maximum Gasteiger partial charge on any atom is 0.297 e. The molecule has 0 saturated carbocycles. The molecule has 0 spiro atoms. The molecule has 0 unspecified atom stereocenters. The first-order valence-electron chi connectivity index (χ1n) is 4.74. The molecule has 0 atom stereocenters. The van der Waals surface area contributed by atoms with Crippen molar-refractivity contribution in [3.63, 3.8) is 0 Å². The van der Waals surface area contributed by atoms with Gasteiger partial charge in [0.1, 0.15) is 5.75 Å². The summed E-state index contributed by atoms with van der Waals surface area (Å²) >= 11 is 0. The SMILES string of the molecule is NC(=O)c1c(COc2ccccc2)no[n+]1[O-]. The van der Waals surface area contributed by atoms with E-state index in [1.54, 1.807) is 24.3 Å². The van der Waals surface area contributed by atoms with Crippen LogP contribution >= 0.6 is 0 Å². The minimum absolute atomic E-state index is 0.0357. The van der Waals surface area contributed by atoms with Crippen LogP contribution in [-0.2, 0) is 6.61 Å². The quantitative estimate of drug-likeness (QED) is 0.750. The van der Waals surface area contributed by atoms with Gasteiger partial charge in [-0.05, 0) is 17.0 Å². The van der Waals surface area contributed by atoms with E-state index in [1.165, 1.54) is 0 Å². The van der Waals surface area contributed by atoms with Gasteiger partial charge in [-0.2, -0.15) is 0 Å². The molecule has 0 aliphatic rings. The van der Waals surface area contributed by atoms with Crippen LogP contribution < -0.4 is 15.4 Å². The zero-order valence-electron chi connectivity index (χ0n) is 8.70. The molecular weight excluding hydrogens is 226 g/mol. The number of aromatic nitrogens is 2. The molecule has 0 aliphatic carbocycles. The second-order valence-electron chi connectivity index (χ2n) is 3.19. The van der Waals surface area contributed by atoms with Crippen molar-refractivity contribution in [3.05, 3.63) is 46.9 Å². The number of hydrogen-bond acceptors (Lipinski definition) is 5. The fourth-order valence-electron chi connectivity index (χ4n) is 1.27. The summed E-state index contributed by atoms with van der Waals surface area (Å²) in [5.41, 5.74) is 4.73. The summed E-state index contributed by atoms with van der Waals surface area (Å²) in [5, 5.41) is 14.4. The van der Waals surface area contributed by atoms with Crippen LogP contribution in [0.5, 0.6) is 5.75 Å². The molecule has 0 bridgehead atoms. The van der Waals surface area contributed by atoms with Gasteiger partial charge in [-0.3, -0.25) is 9.42 Å². The average molecular weight is 235 g/mol. The van der Waals surface area contributed by atoms with E-state index in [4.69, 9.17) is 10.5 Å². The van der Waals surface area contributed by atoms with Crippen molar-refractivity contribution in [2.75, 3.05) is 0 Å². The Bertz CT molecular complexity index is 524. The molecule has 88 valence electrons. The minimum atomic E-state index is -0.909. The van der Waals surface area contributed by atoms with Gasteiger partial charge in [-0.1, -0.05) is 18.2 Å². The summed E-state index contributed by atoms with van der Waals surface area (Å²) in [6.07, 6.45) is 0. The molecule has 0 aliphatic heterocycles. The molecule has 2 N–H and O–H groups in total. The van der Waals surface area contributed by atoms with Crippen molar-refractivity contribution in [1.29, 1.82) is 0 Å². The Labute approximate surface area is 95.9 Å². The Balaban J connectivity index is 2.12. The number of carbonyl (C=O) groups is 1. The lowest BCUT2D eigenvalue weighted by atomic mass is 10.3. The summed E-state index contributed by atoms with van der Waals surface area (Å²) < 4.78 is 9.59. The van der Waals surface area contributed by atoms with Gasteiger partial charge < -0.3 is 15.7 Å². The van der Waals surface area contributed by atoms with Gasteiger partial charge in [-0.25, -0.2) is 0 Å². The Morgan fingerprint density at radius 2 is 2.18 bits per heavy atom. The number of primary amides is 1. The smallest absolute Gasteiger partial charge is 0.297 e. The predicted molar refractivity (Wildman–Crippen MR) is 54.8 cm³/mol. The number of carbonyl (C=O) groups excluding carboxylic acids is 1. The van der Waals surface area contributed by atoms with E-state index in [2.05, 4.69) is 9.79 Å². The van der Waals surface area contributed by atoms with Crippen molar-refractivity contribution in [3.8, 4) is 5.75 Å². The van der Waals surface area contributed by atoms with Gasteiger partial charge in [0.15, 0.2) is 6.61 Å². The van der Waals surface area contributed by atoms with Gasteiger partial charge >= 0.3 is 0 Å². The molecule has 17 heavy (non-hydrogen) atoms. The van der Waals surface area contributed by atoms with Crippen molar-refractivity contribution < 1.29 is 19.1 Å². The van der Waals surface area contributed by atoms with E-state index in [9.17, 15) is 10.0 Å². The topological polar surface area (TPSA) is 105 Å². The number of rotatable bonds is 4. The van der Waals surface area contributed by atoms with E-state index in [1.807, 2.05) is 6.07 Å². The van der Waals surface area contributed by atoms with Gasteiger partial charge in [-0.15, -0.1) is 0 Å². The summed E-state index contributed by atoms with van der Waals surface area (Å²) in [6, 6.07) is 8.88. The molecule has 1 aromatic heterocycles. The molecule has 0 saturated heterocycles. The van der Waals surface area contributed by atoms with E-state index in [0.717, 1.165) is 0 Å². The maximum absolute atomic E-state index is 11.0. The second kappa shape index (κ2) is 4.52. The van der Waals surface area contributed by atoms with E-state index in [0.29, 0.717) is 5.75 Å². The molecule has 0 fully saturated rings. The van der Waals surface area contributed by atoms with Crippen LogP contribution in [0.3, 0.4) is 0 Å². The van der Waals surface area contributed by atoms with Gasteiger partial charge in [0.05, 0.1) is 0 Å². The lowest BCUT2D eigenvalue weighted by molar-refractivity contribution is -0.803.